The Hall–Kier alpha value is -1.60. The van der Waals surface area contributed by atoms with E-state index in [9.17, 15) is 0 Å². The Morgan fingerprint density at radius 3 is 2.85 bits per heavy atom. The summed E-state index contributed by atoms with van der Waals surface area (Å²) in [5.41, 5.74) is 6.24. The first-order chi connectivity index (χ1) is 9.71. The van der Waals surface area contributed by atoms with Gasteiger partial charge < -0.3 is 19.7 Å². The summed E-state index contributed by atoms with van der Waals surface area (Å²) in [5, 5.41) is 3.89. The summed E-state index contributed by atoms with van der Waals surface area (Å²) in [6.07, 6.45) is 2.46. The third-order valence-corrected chi connectivity index (χ3v) is 3.53. The molecule has 2 N–H and O–H groups in total. The summed E-state index contributed by atoms with van der Waals surface area (Å²) >= 11 is 3.50. The molecule has 0 saturated heterocycles. The van der Waals surface area contributed by atoms with Crippen LogP contribution in [0.15, 0.2) is 21.1 Å². The van der Waals surface area contributed by atoms with Gasteiger partial charge in [0.05, 0.1) is 24.2 Å². The average molecular weight is 340 g/mol. The first-order valence-corrected chi connectivity index (χ1v) is 7.07. The largest absolute Gasteiger partial charge is 0.493 e. The lowest BCUT2D eigenvalue weighted by atomic mass is 10.2. The van der Waals surface area contributed by atoms with Crippen molar-refractivity contribution >= 4 is 15.9 Å². The van der Waals surface area contributed by atoms with Crippen LogP contribution in [0, 0.1) is 0 Å². The molecule has 2 aromatic rings. The number of rotatable bonds is 5. The maximum Gasteiger partial charge on any atom is 0.240 e. The molecule has 0 aliphatic heterocycles. The minimum Gasteiger partial charge on any atom is -0.493 e. The number of ether oxygens (including phenoxy) is 2. The van der Waals surface area contributed by atoms with Crippen molar-refractivity contribution in [3.05, 3.63) is 22.5 Å². The lowest BCUT2D eigenvalue weighted by molar-refractivity contribution is 0.280. The van der Waals surface area contributed by atoms with Crippen LogP contribution < -0.4 is 15.2 Å². The van der Waals surface area contributed by atoms with Crippen LogP contribution in [0.3, 0.4) is 0 Å². The van der Waals surface area contributed by atoms with E-state index >= 15 is 0 Å². The molecule has 0 bridgehead atoms. The number of benzene rings is 1. The van der Waals surface area contributed by atoms with Gasteiger partial charge in [-0.1, -0.05) is 5.16 Å². The van der Waals surface area contributed by atoms with Crippen LogP contribution in [-0.4, -0.2) is 23.4 Å². The van der Waals surface area contributed by atoms with E-state index in [1.165, 1.54) is 0 Å². The molecule has 6 nitrogen and oxygen atoms in total. The molecule has 1 aliphatic carbocycles. The highest BCUT2D eigenvalue weighted by Crippen LogP contribution is 2.42. The van der Waals surface area contributed by atoms with Gasteiger partial charge in [0, 0.05) is 5.56 Å². The van der Waals surface area contributed by atoms with Crippen molar-refractivity contribution in [2.24, 2.45) is 5.73 Å². The van der Waals surface area contributed by atoms with Gasteiger partial charge in [-0.05, 0) is 40.9 Å². The van der Waals surface area contributed by atoms with Crippen LogP contribution >= 0.6 is 15.9 Å². The molecule has 7 heteroatoms. The van der Waals surface area contributed by atoms with Gasteiger partial charge in [-0.15, -0.1) is 0 Å². The standard InChI is InChI=1S/C13H14BrN3O3/c1-18-10-5-7(13-16-11(6-15)20-17-13)4-9(14)12(10)19-8-2-3-8/h4-5,8H,2-3,6,15H2,1H3. The second-order valence-electron chi connectivity index (χ2n) is 4.52. The van der Waals surface area contributed by atoms with Crippen LogP contribution in [-0.2, 0) is 6.54 Å². The van der Waals surface area contributed by atoms with E-state index in [0.717, 1.165) is 22.9 Å². The number of halogens is 1. The van der Waals surface area contributed by atoms with Crippen molar-refractivity contribution in [1.82, 2.24) is 10.1 Å². The average Bonchev–Trinajstić information content (AvgIpc) is 3.14. The van der Waals surface area contributed by atoms with Gasteiger partial charge in [0.25, 0.3) is 0 Å². The van der Waals surface area contributed by atoms with Gasteiger partial charge in [-0.2, -0.15) is 4.98 Å². The van der Waals surface area contributed by atoms with Gasteiger partial charge in [-0.25, -0.2) is 0 Å². The van der Waals surface area contributed by atoms with Crippen molar-refractivity contribution in [2.75, 3.05) is 7.11 Å². The second kappa shape index (κ2) is 5.41. The molecule has 0 atom stereocenters. The maximum atomic E-state index is 5.84. The van der Waals surface area contributed by atoms with E-state index in [2.05, 4.69) is 26.1 Å². The number of nitrogens with two attached hydrogens (primary N) is 1. The van der Waals surface area contributed by atoms with Crippen LogP contribution in [0.4, 0.5) is 0 Å². The van der Waals surface area contributed by atoms with E-state index in [0.29, 0.717) is 29.3 Å². The number of hydrogen-bond acceptors (Lipinski definition) is 6. The minimum atomic E-state index is 0.216. The highest BCUT2D eigenvalue weighted by Gasteiger charge is 2.26. The molecule has 106 valence electrons. The third kappa shape index (κ3) is 2.64. The Morgan fingerprint density at radius 2 is 2.25 bits per heavy atom. The van der Waals surface area contributed by atoms with Gasteiger partial charge in [0.15, 0.2) is 11.5 Å². The molecule has 0 unspecified atom stereocenters. The number of nitrogens with zero attached hydrogens (tertiary/aromatic N) is 2. The third-order valence-electron chi connectivity index (χ3n) is 2.94. The molecule has 1 aromatic heterocycles. The molecule has 3 rings (SSSR count). The van der Waals surface area contributed by atoms with E-state index in [-0.39, 0.29) is 6.54 Å². The molecule has 0 amide bonds. The van der Waals surface area contributed by atoms with Gasteiger partial charge in [0.1, 0.15) is 0 Å². The Kier molecular flexibility index (Phi) is 3.62. The summed E-state index contributed by atoms with van der Waals surface area (Å²) in [5.74, 6) is 2.22. The number of hydrogen-bond donors (Lipinski definition) is 1. The molecule has 1 fully saturated rings. The monoisotopic (exact) mass is 339 g/mol. The highest BCUT2D eigenvalue weighted by atomic mass is 79.9. The van der Waals surface area contributed by atoms with Crippen molar-refractivity contribution in [3.63, 3.8) is 0 Å². The van der Waals surface area contributed by atoms with Crippen LogP contribution in [0.2, 0.25) is 0 Å². The Bertz CT molecular complexity index is 625. The number of aromatic nitrogens is 2. The lowest BCUT2D eigenvalue weighted by Gasteiger charge is -2.12. The van der Waals surface area contributed by atoms with Crippen molar-refractivity contribution in [1.29, 1.82) is 0 Å². The SMILES string of the molecule is COc1cc(-c2noc(CN)n2)cc(Br)c1OC1CC1. The van der Waals surface area contributed by atoms with E-state index in [4.69, 9.17) is 19.7 Å². The maximum absolute atomic E-state index is 5.84. The quantitative estimate of drug-likeness (QED) is 0.900. The van der Waals surface area contributed by atoms with Crippen molar-refractivity contribution < 1.29 is 14.0 Å². The summed E-state index contributed by atoms with van der Waals surface area (Å²) < 4.78 is 17.0. The molecule has 1 saturated carbocycles. The summed E-state index contributed by atoms with van der Waals surface area (Å²) in [6, 6.07) is 3.71. The van der Waals surface area contributed by atoms with E-state index in [1.54, 1.807) is 7.11 Å². The van der Waals surface area contributed by atoms with E-state index < -0.39 is 0 Å². The summed E-state index contributed by atoms with van der Waals surface area (Å²) in [4.78, 5) is 4.20. The van der Waals surface area contributed by atoms with Crippen molar-refractivity contribution in [2.45, 2.75) is 25.5 Å². The number of methoxy groups -OCH3 is 1. The zero-order valence-electron chi connectivity index (χ0n) is 10.9. The van der Waals surface area contributed by atoms with Gasteiger partial charge in [-0.3, -0.25) is 0 Å². The summed E-state index contributed by atoms with van der Waals surface area (Å²) in [6.45, 7) is 0.216. The second-order valence-corrected chi connectivity index (χ2v) is 5.38. The Morgan fingerprint density at radius 1 is 1.45 bits per heavy atom. The van der Waals surface area contributed by atoms with Crippen LogP contribution in [0.25, 0.3) is 11.4 Å². The first kappa shape index (κ1) is 13.4. The van der Waals surface area contributed by atoms with Crippen LogP contribution in [0.5, 0.6) is 11.5 Å². The molecule has 0 radical (unpaired) electrons. The Balaban J connectivity index is 1.97. The first-order valence-electron chi connectivity index (χ1n) is 6.28. The minimum absolute atomic E-state index is 0.216. The molecular formula is C13H14BrN3O3. The molecule has 1 heterocycles. The highest BCUT2D eigenvalue weighted by molar-refractivity contribution is 9.10. The fourth-order valence-corrected chi connectivity index (χ4v) is 2.31. The summed E-state index contributed by atoms with van der Waals surface area (Å²) in [7, 11) is 1.60. The van der Waals surface area contributed by atoms with Gasteiger partial charge >= 0.3 is 0 Å². The zero-order chi connectivity index (χ0) is 14.1. The molecule has 1 aromatic carbocycles. The fraction of sp³-hybridized carbons (Fsp3) is 0.385. The van der Waals surface area contributed by atoms with Crippen molar-refractivity contribution in [3.8, 4) is 22.9 Å². The lowest BCUT2D eigenvalue weighted by Crippen LogP contribution is -2.00. The molecule has 20 heavy (non-hydrogen) atoms. The molecule has 0 spiro atoms. The topological polar surface area (TPSA) is 83.4 Å². The predicted octanol–water partition coefficient (Wildman–Crippen LogP) is 2.51. The fourth-order valence-electron chi connectivity index (χ4n) is 1.77. The van der Waals surface area contributed by atoms with Gasteiger partial charge in [0.2, 0.25) is 11.7 Å². The smallest absolute Gasteiger partial charge is 0.240 e. The predicted molar refractivity (Wildman–Crippen MR) is 75.5 cm³/mol. The van der Waals surface area contributed by atoms with E-state index in [1.807, 2.05) is 12.1 Å². The zero-order valence-corrected chi connectivity index (χ0v) is 12.5. The molecular weight excluding hydrogens is 326 g/mol. The normalized spacial score (nSPS) is 14.3. The Labute approximate surface area is 124 Å². The van der Waals surface area contributed by atoms with Crippen LogP contribution in [0.1, 0.15) is 18.7 Å². The molecule has 1 aliphatic rings.